The summed E-state index contributed by atoms with van der Waals surface area (Å²) in [5.41, 5.74) is -0.923. The largest absolute Gasteiger partial charge is 0.508 e. The molecule has 2 rings (SSSR count). The smallest absolute Gasteiger partial charge is 0.336 e. The zero-order valence-electron chi connectivity index (χ0n) is 12.0. The van der Waals surface area contributed by atoms with E-state index < -0.39 is 29.4 Å². The highest BCUT2D eigenvalue weighted by Gasteiger charge is 2.20. The van der Waals surface area contributed by atoms with E-state index in [-0.39, 0.29) is 28.9 Å². The van der Waals surface area contributed by atoms with Gasteiger partial charge in [-0.25, -0.2) is 19.2 Å². The van der Waals surface area contributed by atoms with E-state index in [1.807, 2.05) is 0 Å². The molecule has 0 bridgehead atoms. The van der Waals surface area contributed by atoms with Crippen LogP contribution < -0.4 is 0 Å². The number of phenols is 1. The fraction of sp³-hybridized carbons (Fsp3) is 0.0667. The van der Waals surface area contributed by atoms with Gasteiger partial charge < -0.3 is 25.5 Å². The second-order valence-corrected chi connectivity index (χ2v) is 4.45. The Balaban J connectivity index is 0.000000243. The van der Waals surface area contributed by atoms with Crippen molar-refractivity contribution in [3.05, 3.63) is 52.6 Å². The van der Waals surface area contributed by atoms with Crippen molar-refractivity contribution in [3.8, 4) is 5.75 Å². The van der Waals surface area contributed by atoms with Gasteiger partial charge in [0, 0.05) is 0 Å². The molecule has 9 heteroatoms. The fourth-order valence-corrected chi connectivity index (χ4v) is 1.80. The highest BCUT2D eigenvalue weighted by Crippen LogP contribution is 2.19. The number of carboxylic acid groups (broad SMARTS) is 4. The Hall–Kier alpha value is -3.62. The van der Waals surface area contributed by atoms with Crippen molar-refractivity contribution in [2.45, 2.75) is 6.42 Å². The first kappa shape index (κ1) is 18.4. The molecule has 0 aromatic heterocycles. The maximum Gasteiger partial charge on any atom is 0.336 e. The predicted molar refractivity (Wildman–Crippen MR) is 78.1 cm³/mol. The number of aromatic hydroxyl groups is 1. The normalized spacial score (nSPS) is 12.3. The Morgan fingerprint density at radius 2 is 1.38 bits per heavy atom. The lowest BCUT2D eigenvalue weighted by molar-refractivity contribution is -0.135. The van der Waals surface area contributed by atoms with Gasteiger partial charge in [-0.3, -0.25) is 0 Å². The van der Waals surface area contributed by atoms with Gasteiger partial charge in [0.25, 0.3) is 0 Å². The van der Waals surface area contributed by atoms with E-state index in [2.05, 4.69) is 0 Å². The van der Waals surface area contributed by atoms with Crippen LogP contribution in [-0.4, -0.2) is 49.4 Å². The van der Waals surface area contributed by atoms with Crippen LogP contribution in [0.5, 0.6) is 5.75 Å². The molecule has 0 fully saturated rings. The van der Waals surface area contributed by atoms with E-state index in [1.165, 1.54) is 12.2 Å². The number of carboxylic acids is 4. The number of carbonyl (C=O) groups is 4. The van der Waals surface area contributed by atoms with Crippen molar-refractivity contribution in [2.24, 2.45) is 0 Å². The Kier molecular flexibility index (Phi) is 5.82. The van der Waals surface area contributed by atoms with Gasteiger partial charge in [-0.1, -0.05) is 12.2 Å². The molecular weight excluding hydrogens is 324 g/mol. The van der Waals surface area contributed by atoms with Crippen molar-refractivity contribution in [1.29, 1.82) is 0 Å². The first-order valence-corrected chi connectivity index (χ1v) is 6.31. The number of allylic oxidation sites excluding steroid dienone is 1. The SMILES string of the molecule is O=C(O)C1=C(C(=O)O)CC=C1.O=C(O)c1ccc(O)cc1C(=O)O. The average Bonchev–Trinajstić information content (AvgIpc) is 2.97. The molecule has 5 N–H and O–H groups in total. The maximum absolute atomic E-state index is 10.5. The molecule has 0 unspecified atom stereocenters. The highest BCUT2D eigenvalue weighted by atomic mass is 16.4. The summed E-state index contributed by atoms with van der Waals surface area (Å²) in [5, 5.41) is 43.0. The summed E-state index contributed by atoms with van der Waals surface area (Å²) in [7, 11) is 0. The fourth-order valence-electron chi connectivity index (χ4n) is 1.80. The van der Waals surface area contributed by atoms with Crippen LogP contribution >= 0.6 is 0 Å². The summed E-state index contributed by atoms with van der Waals surface area (Å²) in [5.74, 6) is -5.34. The lowest BCUT2D eigenvalue weighted by Crippen LogP contribution is -2.07. The number of phenolic OH excluding ortho intramolecular Hbond substituents is 1. The molecule has 1 aliphatic carbocycles. The molecule has 24 heavy (non-hydrogen) atoms. The van der Waals surface area contributed by atoms with Gasteiger partial charge in [-0.2, -0.15) is 0 Å². The van der Waals surface area contributed by atoms with E-state index in [1.54, 1.807) is 0 Å². The van der Waals surface area contributed by atoms with Crippen LogP contribution in [0.2, 0.25) is 0 Å². The molecule has 1 aromatic rings. The summed E-state index contributed by atoms with van der Waals surface area (Å²) < 4.78 is 0. The van der Waals surface area contributed by atoms with Crippen molar-refractivity contribution in [3.63, 3.8) is 0 Å². The van der Waals surface area contributed by atoms with E-state index in [0.29, 0.717) is 0 Å². The highest BCUT2D eigenvalue weighted by molar-refractivity contribution is 6.02. The summed E-state index contributed by atoms with van der Waals surface area (Å²) in [6.07, 6.45) is 3.04. The Bertz CT molecular complexity index is 771. The minimum absolute atomic E-state index is 0.0440. The van der Waals surface area contributed by atoms with E-state index in [9.17, 15) is 19.2 Å². The minimum atomic E-state index is -1.38. The number of aliphatic carboxylic acids is 2. The molecule has 0 aliphatic heterocycles. The van der Waals surface area contributed by atoms with Gasteiger partial charge in [-0.05, 0) is 24.6 Å². The molecule has 0 radical (unpaired) electrons. The molecule has 126 valence electrons. The minimum Gasteiger partial charge on any atom is -0.508 e. The Morgan fingerprint density at radius 1 is 0.792 bits per heavy atom. The van der Waals surface area contributed by atoms with E-state index in [4.69, 9.17) is 25.5 Å². The van der Waals surface area contributed by atoms with Crippen LogP contribution in [0.1, 0.15) is 27.1 Å². The monoisotopic (exact) mass is 336 g/mol. The third-order valence-electron chi connectivity index (χ3n) is 2.88. The molecule has 0 heterocycles. The second-order valence-electron chi connectivity index (χ2n) is 4.45. The third-order valence-corrected chi connectivity index (χ3v) is 2.88. The van der Waals surface area contributed by atoms with Crippen molar-refractivity contribution >= 4 is 23.9 Å². The standard InChI is InChI=1S/C8H6O5.C7H6O4/c9-4-1-2-5(7(10)11)6(3-4)8(12)13;8-6(9)4-2-1-3-5(4)7(10)11/h1-3,9H,(H,10,11)(H,12,13);1-2H,3H2,(H,8,9)(H,10,11). The van der Waals surface area contributed by atoms with Gasteiger partial charge in [0.15, 0.2) is 0 Å². The van der Waals surface area contributed by atoms with Gasteiger partial charge in [-0.15, -0.1) is 0 Å². The number of hydrogen-bond acceptors (Lipinski definition) is 5. The quantitative estimate of drug-likeness (QED) is 0.542. The summed E-state index contributed by atoms with van der Waals surface area (Å²) in [6, 6.07) is 3.06. The third kappa shape index (κ3) is 4.44. The zero-order valence-corrected chi connectivity index (χ0v) is 12.0. The topological polar surface area (TPSA) is 169 Å². The molecule has 1 aromatic carbocycles. The van der Waals surface area contributed by atoms with E-state index >= 15 is 0 Å². The molecule has 0 saturated heterocycles. The Morgan fingerprint density at radius 3 is 1.79 bits per heavy atom. The van der Waals surface area contributed by atoms with Crippen LogP contribution in [0.4, 0.5) is 0 Å². The van der Waals surface area contributed by atoms with Crippen LogP contribution in [0.3, 0.4) is 0 Å². The Labute approximate surface area is 134 Å². The molecule has 0 amide bonds. The lowest BCUT2D eigenvalue weighted by Gasteiger charge is -2.00. The van der Waals surface area contributed by atoms with Crippen LogP contribution in [0.15, 0.2) is 41.5 Å². The van der Waals surface area contributed by atoms with Crippen molar-refractivity contribution < 1.29 is 44.7 Å². The van der Waals surface area contributed by atoms with E-state index in [0.717, 1.165) is 18.2 Å². The lowest BCUT2D eigenvalue weighted by atomic mass is 10.1. The zero-order chi connectivity index (χ0) is 18.4. The first-order valence-electron chi connectivity index (χ1n) is 6.31. The molecule has 0 saturated carbocycles. The van der Waals surface area contributed by atoms with Gasteiger partial charge in [0.05, 0.1) is 22.3 Å². The molecular formula is C15H12O9. The summed E-state index contributed by atoms with van der Waals surface area (Å²) in [6.45, 7) is 0. The maximum atomic E-state index is 10.5. The van der Waals surface area contributed by atoms with Crippen LogP contribution in [-0.2, 0) is 9.59 Å². The number of benzene rings is 1. The average molecular weight is 336 g/mol. The van der Waals surface area contributed by atoms with Crippen molar-refractivity contribution in [2.75, 3.05) is 0 Å². The molecule has 1 aliphatic rings. The number of hydrogen-bond donors (Lipinski definition) is 5. The molecule has 0 atom stereocenters. The van der Waals surface area contributed by atoms with Gasteiger partial charge in [0.2, 0.25) is 0 Å². The molecule has 9 nitrogen and oxygen atoms in total. The van der Waals surface area contributed by atoms with Crippen LogP contribution in [0, 0.1) is 0 Å². The van der Waals surface area contributed by atoms with Crippen molar-refractivity contribution in [1.82, 2.24) is 0 Å². The molecule has 0 spiro atoms. The second kappa shape index (κ2) is 7.58. The summed E-state index contributed by atoms with van der Waals surface area (Å²) >= 11 is 0. The number of rotatable bonds is 4. The number of aromatic carboxylic acids is 2. The predicted octanol–water partition coefficient (Wildman–Crippen LogP) is 1.20. The van der Waals surface area contributed by atoms with Gasteiger partial charge >= 0.3 is 23.9 Å². The van der Waals surface area contributed by atoms with Gasteiger partial charge in [0.1, 0.15) is 5.75 Å². The first-order chi connectivity index (χ1) is 11.1. The summed E-state index contributed by atoms with van der Waals surface area (Å²) in [4.78, 5) is 41.7. The van der Waals surface area contributed by atoms with Crippen LogP contribution in [0.25, 0.3) is 0 Å².